The van der Waals surface area contributed by atoms with Crippen LogP contribution in [-0.2, 0) is 13.0 Å². The molecule has 110 valence electrons. The lowest BCUT2D eigenvalue weighted by Gasteiger charge is -2.24. The second kappa shape index (κ2) is 5.60. The summed E-state index contributed by atoms with van der Waals surface area (Å²) in [6, 6.07) is 9.89. The summed E-state index contributed by atoms with van der Waals surface area (Å²) in [5.74, 6) is 1.48. The zero-order valence-electron chi connectivity index (χ0n) is 12.2. The van der Waals surface area contributed by atoms with E-state index in [-0.39, 0.29) is 5.56 Å². The van der Waals surface area contributed by atoms with Crippen molar-refractivity contribution in [2.45, 2.75) is 38.8 Å². The number of nitrogens with two attached hydrogens (primary N) is 1. The van der Waals surface area contributed by atoms with Gasteiger partial charge in [0.15, 0.2) is 0 Å². The Kier molecular flexibility index (Phi) is 3.64. The number of aryl methyl sites for hydroxylation is 1. The van der Waals surface area contributed by atoms with Crippen molar-refractivity contribution in [3.8, 4) is 0 Å². The summed E-state index contributed by atoms with van der Waals surface area (Å²) < 4.78 is 0. The number of anilines is 2. The molecule has 2 aromatic rings. The van der Waals surface area contributed by atoms with Crippen LogP contribution in [0.4, 0.5) is 11.5 Å². The lowest BCUT2D eigenvalue weighted by atomic mass is 10.1. The van der Waals surface area contributed by atoms with Gasteiger partial charge in [0.2, 0.25) is 0 Å². The summed E-state index contributed by atoms with van der Waals surface area (Å²) in [7, 11) is 0. The van der Waals surface area contributed by atoms with Crippen molar-refractivity contribution in [1.29, 1.82) is 0 Å². The molecule has 0 atom stereocenters. The van der Waals surface area contributed by atoms with Gasteiger partial charge in [0.25, 0.3) is 5.56 Å². The number of H-pyrrole nitrogens is 1. The molecule has 0 unspecified atom stereocenters. The average Bonchev–Trinajstić information content (AvgIpc) is 3.30. The monoisotopic (exact) mass is 284 g/mol. The third kappa shape index (κ3) is 3.07. The third-order valence-electron chi connectivity index (χ3n) is 3.79. The number of para-hydroxylation sites is 1. The topological polar surface area (TPSA) is 75.0 Å². The number of hydrogen-bond donors (Lipinski definition) is 2. The van der Waals surface area contributed by atoms with Gasteiger partial charge in [0, 0.05) is 30.8 Å². The number of benzene rings is 1. The van der Waals surface area contributed by atoms with Crippen LogP contribution in [0.15, 0.2) is 35.1 Å². The van der Waals surface area contributed by atoms with E-state index in [2.05, 4.69) is 14.9 Å². The number of hydrogen-bond acceptors (Lipinski definition) is 4. The molecule has 1 aromatic carbocycles. The van der Waals surface area contributed by atoms with Crippen LogP contribution in [0.3, 0.4) is 0 Å². The molecule has 5 heteroatoms. The molecule has 0 radical (unpaired) electrons. The van der Waals surface area contributed by atoms with E-state index in [1.165, 1.54) is 0 Å². The summed E-state index contributed by atoms with van der Waals surface area (Å²) >= 11 is 0. The fourth-order valence-corrected chi connectivity index (χ4v) is 2.45. The molecular weight excluding hydrogens is 264 g/mol. The van der Waals surface area contributed by atoms with Crippen LogP contribution in [-0.4, -0.2) is 16.0 Å². The van der Waals surface area contributed by atoms with E-state index >= 15 is 0 Å². The van der Waals surface area contributed by atoms with E-state index in [4.69, 9.17) is 5.73 Å². The molecule has 1 aliphatic rings. The number of aromatic nitrogens is 2. The summed E-state index contributed by atoms with van der Waals surface area (Å²) in [5, 5.41) is 0. The predicted octanol–water partition coefficient (Wildman–Crippen LogP) is 2.08. The summed E-state index contributed by atoms with van der Waals surface area (Å²) in [6.07, 6.45) is 3.00. The van der Waals surface area contributed by atoms with Gasteiger partial charge in [0.05, 0.1) is 0 Å². The second-order valence-electron chi connectivity index (χ2n) is 5.46. The van der Waals surface area contributed by atoms with E-state index in [0.717, 1.165) is 42.2 Å². The van der Waals surface area contributed by atoms with Crippen LogP contribution in [0.1, 0.15) is 31.2 Å². The third-order valence-corrected chi connectivity index (χ3v) is 3.79. The first-order valence-corrected chi connectivity index (χ1v) is 7.37. The minimum absolute atomic E-state index is 0.0940. The Labute approximate surface area is 123 Å². The lowest BCUT2D eigenvalue weighted by Crippen LogP contribution is -2.28. The van der Waals surface area contributed by atoms with Crippen molar-refractivity contribution in [1.82, 2.24) is 9.97 Å². The van der Waals surface area contributed by atoms with Gasteiger partial charge in [-0.15, -0.1) is 0 Å². The van der Waals surface area contributed by atoms with Gasteiger partial charge in [-0.05, 0) is 24.5 Å². The largest absolute Gasteiger partial charge is 0.398 e. The van der Waals surface area contributed by atoms with Crippen molar-refractivity contribution in [3.05, 3.63) is 52.1 Å². The van der Waals surface area contributed by atoms with Crippen LogP contribution in [0.2, 0.25) is 0 Å². The molecule has 21 heavy (non-hydrogen) atoms. The molecule has 0 bridgehead atoms. The van der Waals surface area contributed by atoms with E-state index in [9.17, 15) is 4.79 Å². The molecule has 0 amide bonds. The number of nitrogens with one attached hydrogen (secondary N) is 1. The fraction of sp³-hybridized carbons (Fsp3) is 0.375. The van der Waals surface area contributed by atoms with Crippen LogP contribution < -0.4 is 16.2 Å². The van der Waals surface area contributed by atoms with Crippen molar-refractivity contribution < 1.29 is 0 Å². The van der Waals surface area contributed by atoms with Crippen molar-refractivity contribution >= 4 is 11.5 Å². The van der Waals surface area contributed by atoms with Crippen LogP contribution >= 0.6 is 0 Å². The first kappa shape index (κ1) is 13.7. The fourth-order valence-electron chi connectivity index (χ4n) is 2.45. The quantitative estimate of drug-likeness (QED) is 0.824. The first-order chi connectivity index (χ1) is 10.2. The SMILES string of the molecule is CCc1nc(N(Cc2ccccc2N)C2CC2)cc(=O)[nH]1. The maximum atomic E-state index is 11.8. The highest BCUT2D eigenvalue weighted by molar-refractivity contribution is 5.50. The molecule has 1 aromatic heterocycles. The van der Waals surface area contributed by atoms with E-state index in [0.29, 0.717) is 12.6 Å². The Morgan fingerprint density at radius 2 is 2.14 bits per heavy atom. The van der Waals surface area contributed by atoms with Crippen LogP contribution in [0.5, 0.6) is 0 Å². The Hall–Kier alpha value is -2.30. The molecule has 0 aliphatic heterocycles. The maximum Gasteiger partial charge on any atom is 0.252 e. The summed E-state index contributed by atoms with van der Waals surface area (Å²) in [5.41, 5.74) is 7.80. The molecule has 0 spiro atoms. The van der Waals surface area contributed by atoms with Crippen LogP contribution in [0.25, 0.3) is 0 Å². The van der Waals surface area contributed by atoms with Gasteiger partial charge in [-0.25, -0.2) is 4.98 Å². The number of rotatable bonds is 5. The van der Waals surface area contributed by atoms with Gasteiger partial charge in [-0.2, -0.15) is 0 Å². The number of nitrogen functional groups attached to an aromatic ring is 1. The summed E-state index contributed by atoms with van der Waals surface area (Å²) in [6.45, 7) is 2.68. The standard InChI is InChI=1S/C16H20N4O/c1-2-14-18-15(9-16(21)19-14)20(12-7-8-12)10-11-5-3-4-6-13(11)17/h3-6,9,12H,2,7-8,10,17H2,1H3,(H,18,19,21). The molecule has 3 rings (SSSR count). The Morgan fingerprint density at radius 3 is 2.81 bits per heavy atom. The zero-order valence-corrected chi connectivity index (χ0v) is 12.2. The van der Waals surface area contributed by atoms with Crippen molar-refractivity contribution in [2.24, 2.45) is 0 Å². The molecule has 1 heterocycles. The molecule has 5 nitrogen and oxygen atoms in total. The zero-order chi connectivity index (χ0) is 14.8. The molecule has 3 N–H and O–H groups in total. The number of nitrogens with zero attached hydrogens (tertiary/aromatic N) is 2. The van der Waals surface area contributed by atoms with Gasteiger partial charge in [0.1, 0.15) is 11.6 Å². The van der Waals surface area contributed by atoms with Crippen molar-refractivity contribution in [2.75, 3.05) is 10.6 Å². The Balaban J connectivity index is 1.94. The van der Waals surface area contributed by atoms with Gasteiger partial charge in [-0.3, -0.25) is 4.79 Å². The molecule has 0 saturated heterocycles. The second-order valence-corrected chi connectivity index (χ2v) is 5.46. The van der Waals surface area contributed by atoms with Crippen molar-refractivity contribution in [3.63, 3.8) is 0 Å². The summed E-state index contributed by atoms with van der Waals surface area (Å²) in [4.78, 5) is 21.3. The Bertz CT molecular complexity index is 691. The maximum absolute atomic E-state index is 11.8. The van der Waals surface area contributed by atoms with E-state index < -0.39 is 0 Å². The average molecular weight is 284 g/mol. The highest BCUT2D eigenvalue weighted by Crippen LogP contribution is 2.32. The lowest BCUT2D eigenvalue weighted by molar-refractivity contribution is 0.763. The molecule has 1 saturated carbocycles. The van der Waals surface area contributed by atoms with Gasteiger partial charge >= 0.3 is 0 Å². The smallest absolute Gasteiger partial charge is 0.252 e. The number of aromatic amines is 1. The van der Waals surface area contributed by atoms with E-state index in [1.54, 1.807) is 6.07 Å². The normalized spacial score (nSPS) is 14.1. The predicted molar refractivity (Wildman–Crippen MR) is 84.3 cm³/mol. The molecular formula is C16H20N4O. The molecule has 1 fully saturated rings. The first-order valence-electron chi connectivity index (χ1n) is 7.37. The molecule has 1 aliphatic carbocycles. The van der Waals surface area contributed by atoms with Gasteiger partial charge in [-0.1, -0.05) is 25.1 Å². The minimum atomic E-state index is -0.0940. The Morgan fingerprint density at radius 1 is 1.38 bits per heavy atom. The minimum Gasteiger partial charge on any atom is -0.398 e. The highest BCUT2D eigenvalue weighted by Gasteiger charge is 2.30. The van der Waals surface area contributed by atoms with E-state index in [1.807, 2.05) is 31.2 Å². The highest BCUT2D eigenvalue weighted by atomic mass is 16.1. The van der Waals surface area contributed by atoms with Crippen LogP contribution in [0, 0.1) is 0 Å². The van der Waals surface area contributed by atoms with Gasteiger partial charge < -0.3 is 15.6 Å².